The molecular weight excluding hydrogens is 528 g/mol. The van der Waals surface area contributed by atoms with Crippen LogP contribution in [0.15, 0.2) is 97.1 Å². The molecule has 3 rings (SSSR count). The van der Waals surface area contributed by atoms with Crippen molar-refractivity contribution in [2.75, 3.05) is 0 Å². The SMILES string of the molecule is C.CC(C)/C=C/c1ccccc1.CC(C)C(Br)/C=C/c1ccccc1.Cc1cc(/C=C/C(C)C)ccc1O. The van der Waals surface area contributed by atoms with Gasteiger partial charge in [0.2, 0.25) is 0 Å². The summed E-state index contributed by atoms with van der Waals surface area (Å²) in [5.74, 6) is 2.20. The zero-order valence-corrected chi connectivity index (χ0v) is 25.2. The largest absolute Gasteiger partial charge is 0.508 e. The molecule has 3 aromatic carbocycles. The minimum absolute atomic E-state index is 0. The van der Waals surface area contributed by atoms with Crippen LogP contribution in [0.2, 0.25) is 0 Å². The number of allylic oxidation sites excluding steroid dienone is 3. The van der Waals surface area contributed by atoms with Crippen molar-refractivity contribution in [3.05, 3.63) is 119 Å². The molecule has 1 unspecified atom stereocenters. The van der Waals surface area contributed by atoms with E-state index in [0.29, 0.717) is 28.3 Å². The third kappa shape index (κ3) is 16.8. The van der Waals surface area contributed by atoms with E-state index in [4.69, 9.17) is 0 Å². The van der Waals surface area contributed by atoms with Crippen LogP contribution >= 0.6 is 15.9 Å². The molecular formula is C36H49BrO. The van der Waals surface area contributed by atoms with Gasteiger partial charge in [0.25, 0.3) is 0 Å². The van der Waals surface area contributed by atoms with Crippen molar-refractivity contribution >= 4 is 34.2 Å². The number of benzene rings is 3. The van der Waals surface area contributed by atoms with E-state index in [0.717, 1.165) is 11.1 Å². The maximum atomic E-state index is 9.30. The van der Waals surface area contributed by atoms with Crippen LogP contribution in [-0.4, -0.2) is 9.93 Å². The summed E-state index contributed by atoms with van der Waals surface area (Å²) >= 11 is 3.61. The number of aryl methyl sites for hydroxylation is 1. The highest BCUT2D eigenvalue weighted by Gasteiger charge is 2.03. The van der Waals surface area contributed by atoms with E-state index in [1.807, 2.05) is 31.2 Å². The van der Waals surface area contributed by atoms with Crippen LogP contribution in [-0.2, 0) is 0 Å². The number of rotatable bonds is 7. The van der Waals surface area contributed by atoms with Crippen molar-refractivity contribution in [3.63, 3.8) is 0 Å². The number of phenolic OH excluding ortho intramolecular Hbond substituents is 1. The van der Waals surface area contributed by atoms with E-state index in [1.54, 1.807) is 6.07 Å². The van der Waals surface area contributed by atoms with Gasteiger partial charge in [-0.1, -0.05) is 168 Å². The van der Waals surface area contributed by atoms with Gasteiger partial charge < -0.3 is 5.11 Å². The lowest BCUT2D eigenvalue weighted by molar-refractivity contribution is 0.471. The number of aromatic hydroxyl groups is 1. The topological polar surface area (TPSA) is 20.2 Å². The lowest BCUT2D eigenvalue weighted by Gasteiger charge is -2.07. The molecule has 0 aliphatic carbocycles. The lowest BCUT2D eigenvalue weighted by Crippen LogP contribution is -2.01. The predicted octanol–water partition coefficient (Wildman–Crippen LogP) is 11.5. The molecule has 0 heterocycles. The Morgan fingerprint density at radius 2 is 1.03 bits per heavy atom. The zero-order chi connectivity index (χ0) is 27.6. The molecule has 1 nitrogen and oxygen atoms in total. The van der Waals surface area contributed by atoms with E-state index in [9.17, 15) is 5.11 Å². The summed E-state index contributed by atoms with van der Waals surface area (Å²) in [4.78, 5) is 0.465. The van der Waals surface area contributed by atoms with Gasteiger partial charge in [-0.05, 0) is 59.1 Å². The third-order valence-electron chi connectivity index (χ3n) is 5.28. The molecule has 38 heavy (non-hydrogen) atoms. The average Bonchev–Trinajstić information content (AvgIpc) is 2.88. The Bertz CT molecular complexity index is 1080. The van der Waals surface area contributed by atoms with Gasteiger partial charge in [0.1, 0.15) is 5.75 Å². The van der Waals surface area contributed by atoms with E-state index in [-0.39, 0.29) is 7.43 Å². The average molecular weight is 578 g/mol. The summed E-state index contributed by atoms with van der Waals surface area (Å²) in [6, 6.07) is 26.4. The Kier molecular flexibility index (Phi) is 18.7. The molecule has 0 aliphatic rings. The van der Waals surface area contributed by atoms with Crippen LogP contribution < -0.4 is 0 Å². The highest BCUT2D eigenvalue weighted by atomic mass is 79.9. The lowest BCUT2D eigenvalue weighted by atomic mass is 10.1. The van der Waals surface area contributed by atoms with Crippen molar-refractivity contribution in [2.24, 2.45) is 17.8 Å². The van der Waals surface area contributed by atoms with Crippen LogP contribution in [0.25, 0.3) is 18.2 Å². The predicted molar refractivity (Wildman–Crippen MR) is 177 cm³/mol. The van der Waals surface area contributed by atoms with Gasteiger partial charge in [0, 0.05) is 4.83 Å². The van der Waals surface area contributed by atoms with Crippen LogP contribution in [0.1, 0.15) is 71.2 Å². The van der Waals surface area contributed by atoms with Gasteiger partial charge in [-0.2, -0.15) is 0 Å². The summed E-state index contributed by atoms with van der Waals surface area (Å²) in [6.45, 7) is 15.0. The molecule has 0 saturated carbocycles. The van der Waals surface area contributed by atoms with Crippen molar-refractivity contribution in [1.82, 2.24) is 0 Å². The first-order valence-electron chi connectivity index (χ1n) is 13.2. The molecule has 0 radical (unpaired) electrons. The van der Waals surface area contributed by atoms with Gasteiger partial charge in [0.05, 0.1) is 0 Å². The molecule has 2 heteroatoms. The molecule has 0 aliphatic heterocycles. The maximum absolute atomic E-state index is 9.30. The summed E-state index contributed by atoms with van der Waals surface area (Å²) in [7, 11) is 0. The van der Waals surface area contributed by atoms with Crippen LogP contribution in [0, 0.1) is 24.7 Å². The van der Waals surface area contributed by atoms with Gasteiger partial charge in [-0.15, -0.1) is 0 Å². The van der Waals surface area contributed by atoms with E-state index in [2.05, 4.69) is 142 Å². The standard InChI is InChI=1S/C12H15Br.C12H16O.C11H14.CH4/c1-10(2)12(13)9-8-11-6-4-3-5-7-11;1-9(2)4-5-11-6-7-12(13)10(3)8-11;1-10(2)8-9-11-6-4-3-5-7-11;/h3-10,12H,1-2H3;4-9,13H,1-3H3;3-10H,1-2H3;1H4/b9-8+;5-4+;9-8+;. The highest BCUT2D eigenvalue weighted by Crippen LogP contribution is 2.18. The first-order chi connectivity index (χ1) is 17.6. The fraction of sp³-hybridized carbons (Fsp3) is 0.333. The van der Waals surface area contributed by atoms with Crippen LogP contribution in [0.5, 0.6) is 5.75 Å². The van der Waals surface area contributed by atoms with Crippen molar-refractivity contribution in [1.29, 1.82) is 0 Å². The first-order valence-corrected chi connectivity index (χ1v) is 14.1. The van der Waals surface area contributed by atoms with Gasteiger partial charge in [-0.25, -0.2) is 0 Å². The number of alkyl halides is 1. The summed E-state index contributed by atoms with van der Waals surface area (Å²) in [6.07, 6.45) is 12.9. The van der Waals surface area contributed by atoms with Crippen molar-refractivity contribution in [3.8, 4) is 5.75 Å². The van der Waals surface area contributed by atoms with E-state index < -0.39 is 0 Å². The molecule has 3 aromatic rings. The fourth-order valence-corrected chi connectivity index (χ4v) is 3.10. The molecule has 0 spiro atoms. The van der Waals surface area contributed by atoms with Gasteiger partial charge >= 0.3 is 0 Å². The Morgan fingerprint density at radius 1 is 0.605 bits per heavy atom. The van der Waals surface area contributed by atoms with Crippen molar-refractivity contribution in [2.45, 2.75) is 60.7 Å². The normalized spacial score (nSPS) is 11.9. The minimum atomic E-state index is 0. The molecule has 0 aromatic heterocycles. The van der Waals surface area contributed by atoms with Gasteiger partial charge in [0.15, 0.2) is 0 Å². The van der Waals surface area contributed by atoms with E-state index >= 15 is 0 Å². The van der Waals surface area contributed by atoms with Crippen molar-refractivity contribution < 1.29 is 5.11 Å². The summed E-state index contributed by atoms with van der Waals surface area (Å²) in [5.41, 5.74) is 4.60. The monoisotopic (exact) mass is 576 g/mol. The minimum Gasteiger partial charge on any atom is -0.508 e. The number of hydrogen-bond acceptors (Lipinski definition) is 1. The zero-order valence-electron chi connectivity index (χ0n) is 23.6. The number of halogens is 1. The Balaban J connectivity index is 0.000000536. The van der Waals surface area contributed by atoms with Crippen LogP contribution in [0.3, 0.4) is 0 Å². The first kappa shape index (κ1) is 35.2. The Labute approximate surface area is 242 Å². The highest BCUT2D eigenvalue weighted by molar-refractivity contribution is 9.09. The Morgan fingerprint density at radius 3 is 1.42 bits per heavy atom. The summed E-state index contributed by atoms with van der Waals surface area (Å²) in [5, 5.41) is 9.30. The Hall–Kier alpha value is -2.84. The molecule has 206 valence electrons. The second-order valence-corrected chi connectivity index (χ2v) is 11.2. The maximum Gasteiger partial charge on any atom is 0.118 e. The summed E-state index contributed by atoms with van der Waals surface area (Å²) < 4.78 is 0. The second-order valence-electron chi connectivity index (χ2n) is 10.1. The second kappa shape index (κ2) is 20.2. The molecule has 0 bridgehead atoms. The molecule has 0 fully saturated rings. The molecule has 1 atom stereocenters. The smallest absolute Gasteiger partial charge is 0.118 e. The number of hydrogen-bond donors (Lipinski definition) is 1. The number of phenols is 1. The molecule has 1 N–H and O–H groups in total. The molecule has 0 amide bonds. The van der Waals surface area contributed by atoms with E-state index in [1.165, 1.54) is 11.1 Å². The van der Waals surface area contributed by atoms with Crippen LogP contribution in [0.4, 0.5) is 0 Å². The fourth-order valence-electron chi connectivity index (χ4n) is 2.94. The quantitative estimate of drug-likeness (QED) is 0.277. The molecule has 0 saturated heterocycles. The van der Waals surface area contributed by atoms with Gasteiger partial charge in [-0.3, -0.25) is 0 Å². The third-order valence-corrected chi connectivity index (χ3v) is 6.64.